The van der Waals surface area contributed by atoms with E-state index in [9.17, 15) is 9.59 Å². The van der Waals surface area contributed by atoms with Gasteiger partial charge in [-0.1, -0.05) is 12.5 Å². The van der Waals surface area contributed by atoms with Crippen LogP contribution in [0.15, 0.2) is 29.6 Å². The maximum absolute atomic E-state index is 12.7. The molecule has 2 aromatic heterocycles. The van der Waals surface area contributed by atoms with Gasteiger partial charge in [-0.25, -0.2) is 0 Å². The van der Waals surface area contributed by atoms with Crippen molar-refractivity contribution >= 4 is 23.1 Å². The summed E-state index contributed by atoms with van der Waals surface area (Å²) in [6, 6.07) is 7.48. The number of carbonyl (C=O) groups excluding carboxylic acids is 2. The van der Waals surface area contributed by atoms with Gasteiger partial charge < -0.3 is 9.30 Å². The van der Waals surface area contributed by atoms with Gasteiger partial charge in [-0.2, -0.15) is 0 Å². The van der Waals surface area contributed by atoms with Crippen molar-refractivity contribution in [3.63, 3.8) is 0 Å². The van der Waals surface area contributed by atoms with Gasteiger partial charge in [0.2, 0.25) is 5.78 Å². The maximum atomic E-state index is 12.7. The normalized spacial score (nSPS) is 17.6. The van der Waals surface area contributed by atoms with Crippen LogP contribution in [0, 0.1) is 0 Å². The van der Waals surface area contributed by atoms with Crippen LogP contribution in [0.5, 0.6) is 0 Å². The monoisotopic (exact) mass is 331 g/mol. The van der Waals surface area contributed by atoms with Crippen molar-refractivity contribution < 1.29 is 14.3 Å². The number of thiophene rings is 1. The van der Waals surface area contributed by atoms with E-state index in [1.54, 1.807) is 0 Å². The third-order valence-corrected chi connectivity index (χ3v) is 4.98. The van der Waals surface area contributed by atoms with E-state index in [4.69, 9.17) is 4.74 Å². The highest BCUT2D eigenvalue weighted by Gasteiger charge is 2.30. The molecular formula is C18H21NO3S. The number of nitrogens with zero attached hydrogens (tertiary/aromatic N) is 1. The molecule has 122 valence electrons. The number of esters is 1. The molecule has 0 aromatic carbocycles. The lowest BCUT2D eigenvalue weighted by Crippen LogP contribution is -2.21. The molecule has 4 nitrogen and oxygen atoms in total. The summed E-state index contributed by atoms with van der Waals surface area (Å²) < 4.78 is 7.42. The van der Waals surface area contributed by atoms with Crippen molar-refractivity contribution in [2.45, 2.75) is 51.7 Å². The first-order chi connectivity index (χ1) is 11.1. The van der Waals surface area contributed by atoms with Crippen LogP contribution in [-0.2, 0) is 16.1 Å². The Morgan fingerprint density at radius 1 is 1.26 bits per heavy atom. The van der Waals surface area contributed by atoms with Gasteiger partial charge in [-0.3, -0.25) is 9.59 Å². The average molecular weight is 331 g/mol. The molecule has 0 saturated heterocycles. The van der Waals surface area contributed by atoms with Gasteiger partial charge >= 0.3 is 5.97 Å². The molecule has 3 rings (SSSR count). The van der Waals surface area contributed by atoms with Gasteiger partial charge in [-0.15, -0.1) is 11.3 Å². The fraction of sp³-hybridized carbons (Fsp3) is 0.444. The minimum absolute atomic E-state index is 0.0316. The Hall–Kier alpha value is -1.88. The zero-order chi connectivity index (χ0) is 16.4. The topological polar surface area (TPSA) is 48.3 Å². The quantitative estimate of drug-likeness (QED) is 0.628. The van der Waals surface area contributed by atoms with Crippen LogP contribution < -0.4 is 0 Å². The van der Waals surface area contributed by atoms with Gasteiger partial charge in [0.1, 0.15) is 0 Å². The third-order valence-electron chi connectivity index (χ3n) is 4.11. The Labute approximate surface area is 140 Å². The van der Waals surface area contributed by atoms with Crippen LogP contribution >= 0.6 is 11.3 Å². The standard InChI is InChI=1S/C18H21NO3S/c1-12(2)22-18(21)13-6-3-4-10-19-14(13)8-9-15(19)17(20)16-7-5-11-23-16/h5,7-9,11-13H,3-4,6,10H2,1-2H3. The van der Waals surface area contributed by atoms with Crippen molar-refractivity contribution in [2.24, 2.45) is 0 Å². The van der Waals surface area contributed by atoms with Crippen molar-refractivity contribution in [3.8, 4) is 0 Å². The Kier molecular flexibility index (Phi) is 4.66. The molecule has 1 atom stereocenters. The number of rotatable bonds is 4. The molecule has 23 heavy (non-hydrogen) atoms. The smallest absolute Gasteiger partial charge is 0.315 e. The molecular weight excluding hydrogens is 310 g/mol. The second-order valence-electron chi connectivity index (χ2n) is 6.14. The Balaban J connectivity index is 1.94. The molecule has 0 N–H and O–H groups in total. The molecule has 0 spiro atoms. The van der Waals surface area contributed by atoms with Crippen LogP contribution in [0.2, 0.25) is 0 Å². The van der Waals surface area contributed by atoms with Crippen LogP contribution in [0.4, 0.5) is 0 Å². The van der Waals surface area contributed by atoms with E-state index >= 15 is 0 Å². The lowest BCUT2D eigenvalue weighted by molar-refractivity contribution is -0.149. The molecule has 0 amide bonds. The van der Waals surface area contributed by atoms with Gasteiger partial charge in [0, 0.05) is 12.2 Å². The third kappa shape index (κ3) is 3.24. The predicted molar refractivity (Wildman–Crippen MR) is 90.0 cm³/mol. The SMILES string of the molecule is CC(C)OC(=O)C1CCCCn2c(C(=O)c3cccs3)ccc21. The Bertz CT molecular complexity index is 700. The summed E-state index contributed by atoms with van der Waals surface area (Å²) in [7, 11) is 0. The predicted octanol–water partition coefficient (Wildman–Crippen LogP) is 4.00. The Morgan fingerprint density at radius 3 is 2.78 bits per heavy atom. The lowest BCUT2D eigenvalue weighted by atomic mass is 10.00. The highest BCUT2D eigenvalue weighted by Crippen LogP contribution is 2.31. The van der Waals surface area contributed by atoms with Crippen molar-refractivity contribution in [2.75, 3.05) is 0 Å². The van der Waals surface area contributed by atoms with Crippen LogP contribution in [-0.4, -0.2) is 22.4 Å². The number of hydrogen-bond acceptors (Lipinski definition) is 4. The van der Waals surface area contributed by atoms with Crippen molar-refractivity contribution in [1.29, 1.82) is 0 Å². The first-order valence-electron chi connectivity index (χ1n) is 8.06. The number of carbonyl (C=O) groups is 2. The lowest BCUT2D eigenvalue weighted by Gasteiger charge is -2.17. The zero-order valence-corrected chi connectivity index (χ0v) is 14.3. The summed E-state index contributed by atoms with van der Waals surface area (Å²) >= 11 is 1.45. The van der Waals surface area contributed by atoms with Crippen LogP contribution in [0.3, 0.4) is 0 Å². The van der Waals surface area contributed by atoms with Gasteiger partial charge in [0.15, 0.2) is 0 Å². The van der Waals surface area contributed by atoms with E-state index in [0.717, 1.165) is 36.4 Å². The summed E-state index contributed by atoms with van der Waals surface area (Å²) in [5, 5.41) is 1.91. The highest BCUT2D eigenvalue weighted by atomic mass is 32.1. The van der Waals surface area contributed by atoms with E-state index in [0.29, 0.717) is 5.69 Å². The minimum Gasteiger partial charge on any atom is -0.462 e. The fourth-order valence-electron chi connectivity index (χ4n) is 3.09. The summed E-state index contributed by atoms with van der Waals surface area (Å²) in [5.74, 6) is -0.426. The second kappa shape index (κ2) is 6.71. The van der Waals surface area contributed by atoms with E-state index < -0.39 is 0 Å². The maximum Gasteiger partial charge on any atom is 0.315 e. The molecule has 5 heteroatoms. The van der Waals surface area contributed by atoms with E-state index in [2.05, 4.69) is 0 Å². The summed E-state index contributed by atoms with van der Waals surface area (Å²) in [6.45, 7) is 4.50. The number of ether oxygens (including phenoxy) is 1. The van der Waals surface area contributed by atoms with Gasteiger partial charge in [0.25, 0.3) is 0 Å². The summed E-state index contributed by atoms with van der Waals surface area (Å²) in [4.78, 5) is 25.8. The molecule has 2 aromatic rings. The van der Waals surface area contributed by atoms with Crippen LogP contribution in [0.25, 0.3) is 0 Å². The van der Waals surface area contributed by atoms with Gasteiger partial charge in [-0.05, 0) is 50.3 Å². The molecule has 0 fully saturated rings. The van der Waals surface area contributed by atoms with Gasteiger partial charge in [0.05, 0.1) is 22.6 Å². The van der Waals surface area contributed by atoms with E-state index in [-0.39, 0.29) is 23.8 Å². The van der Waals surface area contributed by atoms with Crippen LogP contribution in [0.1, 0.15) is 60.1 Å². The molecule has 1 unspecified atom stereocenters. The molecule has 0 radical (unpaired) electrons. The molecule has 1 aliphatic heterocycles. The number of ketones is 1. The first-order valence-corrected chi connectivity index (χ1v) is 8.94. The van der Waals surface area contributed by atoms with E-state index in [1.807, 2.05) is 48.1 Å². The molecule has 0 bridgehead atoms. The highest BCUT2D eigenvalue weighted by molar-refractivity contribution is 7.12. The molecule has 3 heterocycles. The summed E-state index contributed by atoms with van der Waals surface area (Å²) in [6.07, 6.45) is 2.59. The Morgan fingerprint density at radius 2 is 2.09 bits per heavy atom. The summed E-state index contributed by atoms with van der Waals surface area (Å²) in [5.41, 5.74) is 1.58. The largest absolute Gasteiger partial charge is 0.462 e. The molecule has 0 aliphatic carbocycles. The van der Waals surface area contributed by atoms with E-state index in [1.165, 1.54) is 11.3 Å². The minimum atomic E-state index is -0.273. The fourth-order valence-corrected chi connectivity index (χ4v) is 3.76. The zero-order valence-electron chi connectivity index (χ0n) is 13.5. The molecule has 1 aliphatic rings. The second-order valence-corrected chi connectivity index (χ2v) is 7.08. The molecule has 0 saturated carbocycles. The number of fused-ring (bicyclic) bond motifs is 1. The van der Waals surface area contributed by atoms with Crippen molar-refractivity contribution in [1.82, 2.24) is 4.57 Å². The first kappa shape index (κ1) is 16.0. The number of hydrogen-bond donors (Lipinski definition) is 0. The van der Waals surface area contributed by atoms with Crippen molar-refractivity contribution in [3.05, 3.63) is 45.9 Å². The number of aromatic nitrogens is 1. The average Bonchev–Trinajstić information content (AvgIpc) is 3.12.